The summed E-state index contributed by atoms with van der Waals surface area (Å²) in [5.74, 6) is 0.846. The number of hydrogen-bond donors (Lipinski definition) is 1. The van der Waals surface area contributed by atoms with E-state index < -0.39 is 5.54 Å². The van der Waals surface area contributed by atoms with Gasteiger partial charge in [0.15, 0.2) is 0 Å². The fourth-order valence-electron chi connectivity index (χ4n) is 2.21. The zero-order valence-corrected chi connectivity index (χ0v) is 13.8. The zero-order valence-electron chi connectivity index (χ0n) is 11.5. The molecule has 0 radical (unpaired) electrons. The first-order valence-corrected chi connectivity index (χ1v) is 7.47. The smallest absolute Gasteiger partial charge is 0.122 e. The highest BCUT2D eigenvalue weighted by atomic mass is 79.9. The lowest BCUT2D eigenvalue weighted by molar-refractivity contribution is 0.399. The standard InChI is InChI=1S/C16H17BrClNO/c1-16(19,12-3-6-14(18)7-4-12)10-11-9-13(17)5-8-15(11)20-2/h3-9H,10,19H2,1-2H3. The molecule has 0 spiro atoms. The third-order valence-electron chi connectivity index (χ3n) is 3.30. The molecule has 2 nitrogen and oxygen atoms in total. The molecular weight excluding hydrogens is 338 g/mol. The zero-order chi connectivity index (χ0) is 14.8. The molecule has 1 atom stereocenters. The Hall–Kier alpha value is -1.03. The monoisotopic (exact) mass is 353 g/mol. The van der Waals surface area contributed by atoms with Crippen LogP contribution in [0, 0.1) is 0 Å². The summed E-state index contributed by atoms with van der Waals surface area (Å²) in [7, 11) is 1.67. The molecular formula is C16H17BrClNO. The summed E-state index contributed by atoms with van der Waals surface area (Å²) in [5.41, 5.74) is 8.11. The topological polar surface area (TPSA) is 35.2 Å². The normalized spacial score (nSPS) is 13.8. The fourth-order valence-corrected chi connectivity index (χ4v) is 2.75. The number of methoxy groups -OCH3 is 1. The molecule has 0 aromatic heterocycles. The van der Waals surface area contributed by atoms with Crippen molar-refractivity contribution < 1.29 is 4.74 Å². The molecule has 106 valence electrons. The van der Waals surface area contributed by atoms with Gasteiger partial charge in [-0.2, -0.15) is 0 Å². The molecule has 4 heteroatoms. The molecule has 0 aliphatic carbocycles. The molecule has 2 aromatic carbocycles. The maximum Gasteiger partial charge on any atom is 0.122 e. The molecule has 0 saturated carbocycles. The van der Waals surface area contributed by atoms with Crippen LogP contribution in [0.2, 0.25) is 5.02 Å². The van der Waals surface area contributed by atoms with E-state index in [9.17, 15) is 0 Å². The van der Waals surface area contributed by atoms with Crippen molar-refractivity contribution in [1.29, 1.82) is 0 Å². The Morgan fingerprint density at radius 1 is 1.20 bits per heavy atom. The molecule has 2 N–H and O–H groups in total. The molecule has 2 rings (SSSR count). The molecule has 0 amide bonds. The summed E-state index contributed by atoms with van der Waals surface area (Å²) >= 11 is 9.41. The molecule has 2 aromatic rings. The van der Waals surface area contributed by atoms with Gasteiger partial charge in [-0.3, -0.25) is 0 Å². The van der Waals surface area contributed by atoms with Gasteiger partial charge in [-0.15, -0.1) is 0 Å². The first-order chi connectivity index (χ1) is 9.42. The van der Waals surface area contributed by atoms with Gasteiger partial charge in [0, 0.05) is 15.0 Å². The Labute approximate surface area is 133 Å². The predicted octanol–water partition coefficient (Wildman–Crippen LogP) is 4.53. The Balaban J connectivity index is 2.32. The highest BCUT2D eigenvalue weighted by molar-refractivity contribution is 9.10. The number of benzene rings is 2. The summed E-state index contributed by atoms with van der Waals surface area (Å²) in [6, 6.07) is 13.6. The van der Waals surface area contributed by atoms with Crippen molar-refractivity contribution in [2.45, 2.75) is 18.9 Å². The first kappa shape index (κ1) is 15.4. The van der Waals surface area contributed by atoms with E-state index in [0.29, 0.717) is 11.4 Å². The van der Waals surface area contributed by atoms with E-state index >= 15 is 0 Å². The Kier molecular flexibility index (Phi) is 4.74. The second-order valence-corrected chi connectivity index (χ2v) is 6.41. The Bertz CT molecular complexity index is 596. The van der Waals surface area contributed by atoms with Crippen LogP contribution in [0.1, 0.15) is 18.1 Å². The number of hydrogen-bond acceptors (Lipinski definition) is 2. The highest BCUT2D eigenvalue weighted by Gasteiger charge is 2.23. The van der Waals surface area contributed by atoms with Crippen LogP contribution < -0.4 is 10.5 Å². The van der Waals surface area contributed by atoms with Gasteiger partial charge in [-0.05, 0) is 54.8 Å². The number of rotatable bonds is 4. The minimum absolute atomic E-state index is 0.487. The molecule has 0 aliphatic rings. The largest absolute Gasteiger partial charge is 0.496 e. The average molecular weight is 355 g/mol. The summed E-state index contributed by atoms with van der Waals surface area (Å²) in [6.45, 7) is 2.01. The maximum absolute atomic E-state index is 6.48. The minimum Gasteiger partial charge on any atom is -0.496 e. The van der Waals surface area contributed by atoms with Crippen LogP contribution >= 0.6 is 27.5 Å². The quantitative estimate of drug-likeness (QED) is 0.875. The lowest BCUT2D eigenvalue weighted by Crippen LogP contribution is -2.35. The molecule has 0 fully saturated rings. The second kappa shape index (κ2) is 6.17. The molecule has 0 bridgehead atoms. The second-order valence-electron chi connectivity index (χ2n) is 5.06. The molecule has 1 unspecified atom stereocenters. The third kappa shape index (κ3) is 3.54. The van der Waals surface area contributed by atoms with E-state index in [4.69, 9.17) is 22.1 Å². The molecule has 20 heavy (non-hydrogen) atoms. The number of halogens is 2. The van der Waals surface area contributed by atoms with Crippen LogP contribution in [0.5, 0.6) is 5.75 Å². The van der Waals surface area contributed by atoms with E-state index in [0.717, 1.165) is 21.3 Å². The van der Waals surface area contributed by atoms with Gasteiger partial charge in [-0.1, -0.05) is 39.7 Å². The van der Waals surface area contributed by atoms with E-state index in [1.165, 1.54) is 0 Å². The average Bonchev–Trinajstić information content (AvgIpc) is 2.39. The number of nitrogens with two attached hydrogens (primary N) is 1. The van der Waals surface area contributed by atoms with Crippen LogP contribution in [-0.2, 0) is 12.0 Å². The van der Waals surface area contributed by atoms with Crippen molar-refractivity contribution >= 4 is 27.5 Å². The molecule has 0 heterocycles. The van der Waals surface area contributed by atoms with E-state index in [1.54, 1.807) is 7.11 Å². The van der Waals surface area contributed by atoms with Crippen LogP contribution in [0.25, 0.3) is 0 Å². The lowest BCUT2D eigenvalue weighted by Gasteiger charge is -2.26. The van der Waals surface area contributed by atoms with Crippen LogP contribution in [0.3, 0.4) is 0 Å². The predicted molar refractivity (Wildman–Crippen MR) is 87.4 cm³/mol. The van der Waals surface area contributed by atoms with Gasteiger partial charge >= 0.3 is 0 Å². The Morgan fingerprint density at radius 2 is 1.85 bits per heavy atom. The fraction of sp³-hybridized carbons (Fsp3) is 0.250. The summed E-state index contributed by atoms with van der Waals surface area (Å²) in [6.07, 6.45) is 0.678. The van der Waals surface area contributed by atoms with Crippen molar-refractivity contribution in [2.75, 3.05) is 7.11 Å². The lowest BCUT2D eigenvalue weighted by atomic mass is 9.86. The van der Waals surface area contributed by atoms with Crippen LogP contribution in [0.15, 0.2) is 46.9 Å². The van der Waals surface area contributed by atoms with Crippen LogP contribution in [0.4, 0.5) is 0 Å². The molecule has 0 saturated heterocycles. The SMILES string of the molecule is COc1ccc(Br)cc1CC(C)(N)c1ccc(Cl)cc1. The maximum atomic E-state index is 6.48. The van der Waals surface area contributed by atoms with E-state index in [-0.39, 0.29) is 0 Å². The van der Waals surface area contributed by atoms with Crippen LogP contribution in [-0.4, -0.2) is 7.11 Å². The minimum atomic E-state index is -0.487. The summed E-state index contributed by atoms with van der Waals surface area (Å²) < 4.78 is 6.42. The van der Waals surface area contributed by atoms with Gasteiger partial charge in [0.2, 0.25) is 0 Å². The van der Waals surface area contributed by atoms with Crippen molar-refractivity contribution in [3.63, 3.8) is 0 Å². The Morgan fingerprint density at radius 3 is 2.45 bits per heavy atom. The van der Waals surface area contributed by atoms with Gasteiger partial charge in [0.05, 0.1) is 7.11 Å². The van der Waals surface area contributed by atoms with Gasteiger partial charge in [0.25, 0.3) is 0 Å². The van der Waals surface area contributed by atoms with Gasteiger partial charge in [-0.25, -0.2) is 0 Å². The van der Waals surface area contributed by atoms with Gasteiger partial charge < -0.3 is 10.5 Å². The van der Waals surface area contributed by atoms with E-state index in [1.807, 2.05) is 49.4 Å². The highest BCUT2D eigenvalue weighted by Crippen LogP contribution is 2.30. The van der Waals surface area contributed by atoms with Crippen molar-refractivity contribution in [1.82, 2.24) is 0 Å². The van der Waals surface area contributed by atoms with Gasteiger partial charge in [0.1, 0.15) is 5.75 Å². The summed E-state index contributed by atoms with van der Waals surface area (Å²) in [4.78, 5) is 0. The molecule has 0 aliphatic heterocycles. The first-order valence-electron chi connectivity index (χ1n) is 6.30. The van der Waals surface area contributed by atoms with E-state index in [2.05, 4.69) is 15.9 Å². The van der Waals surface area contributed by atoms with Crippen molar-refractivity contribution in [3.8, 4) is 5.75 Å². The summed E-state index contributed by atoms with van der Waals surface area (Å²) in [5, 5.41) is 0.713. The van der Waals surface area contributed by atoms with Crippen molar-refractivity contribution in [3.05, 3.63) is 63.1 Å². The number of ether oxygens (including phenoxy) is 1. The third-order valence-corrected chi connectivity index (χ3v) is 4.05. The van der Waals surface area contributed by atoms with Crippen molar-refractivity contribution in [2.24, 2.45) is 5.73 Å².